The second-order valence-corrected chi connectivity index (χ2v) is 6.59. The van der Waals surface area contributed by atoms with Crippen LogP contribution in [0.2, 0.25) is 5.02 Å². The quantitative estimate of drug-likeness (QED) is 0.809. The molecule has 1 aromatic carbocycles. The third-order valence-corrected chi connectivity index (χ3v) is 4.59. The number of hydrogen-bond acceptors (Lipinski definition) is 6. The number of nitrogens with two attached hydrogens (primary N) is 2. The van der Waals surface area contributed by atoms with Crippen LogP contribution in [0, 0.1) is 22.7 Å². The van der Waals surface area contributed by atoms with E-state index in [1.165, 1.54) is 0 Å². The zero-order chi connectivity index (χ0) is 17.9. The van der Waals surface area contributed by atoms with E-state index in [-0.39, 0.29) is 22.0 Å². The van der Waals surface area contributed by atoms with E-state index in [9.17, 15) is 15.3 Å². The molecule has 1 heterocycles. The Morgan fingerprint density at radius 2 is 1.83 bits per heavy atom. The van der Waals surface area contributed by atoms with Gasteiger partial charge in [0.25, 0.3) is 0 Å². The van der Waals surface area contributed by atoms with Crippen molar-refractivity contribution < 1.29 is 4.79 Å². The molecule has 2 rings (SSSR count). The summed E-state index contributed by atoms with van der Waals surface area (Å²) < 4.78 is 0. The lowest BCUT2D eigenvalue weighted by molar-refractivity contribution is -0.117. The summed E-state index contributed by atoms with van der Waals surface area (Å²) in [7, 11) is 0. The van der Waals surface area contributed by atoms with Crippen molar-refractivity contribution >= 4 is 35.1 Å². The number of thioether (sulfide) groups is 1. The molecule has 0 saturated carbocycles. The van der Waals surface area contributed by atoms with Gasteiger partial charge in [-0.1, -0.05) is 35.5 Å². The third kappa shape index (κ3) is 3.43. The summed E-state index contributed by atoms with van der Waals surface area (Å²) >= 11 is 6.91. The second kappa shape index (κ2) is 7.22. The Kier molecular flexibility index (Phi) is 5.30. The lowest BCUT2D eigenvalue weighted by Gasteiger charge is -2.14. The van der Waals surface area contributed by atoms with Gasteiger partial charge in [0.15, 0.2) is 0 Å². The Hall–Kier alpha value is -2.74. The Bertz CT molecular complexity index is 883. The Morgan fingerprint density at radius 3 is 2.33 bits per heavy atom. The highest BCUT2D eigenvalue weighted by Crippen LogP contribution is 2.37. The third-order valence-electron chi connectivity index (χ3n) is 3.24. The summed E-state index contributed by atoms with van der Waals surface area (Å²) in [5, 5.41) is 19.2. The number of primary amides is 1. The van der Waals surface area contributed by atoms with Crippen LogP contribution in [0.25, 0.3) is 11.1 Å². The van der Waals surface area contributed by atoms with Gasteiger partial charge in [-0.3, -0.25) is 4.79 Å². The molecule has 1 aromatic heterocycles. The van der Waals surface area contributed by atoms with Crippen LogP contribution in [0.15, 0.2) is 29.3 Å². The number of benzene rings is 1. The van der Waals surface area contributed by atoms with Crippen LogP contribution < -0.4 is 11.5 Å². The number of aromatic nitrogens is 1. The van der Waals surface area contributed by atoms with Gasteiger partial charge < -0.3 is 11.5 Å². The minimum absolute atomic E-state index is 0.0133. The summed E-state index contributed by atoms with van der Waals surface area (Å²) in [6.07, 6.45) is 0. The summed E-state index contributed by atoms with van der Waals surface area (Å²) in [5.41, 5.74) is 12.4. The molecule has 8 heteroatoms. The fourth-order valence-corrected chi connectivity index (χ4v) is 3.01. The normalized spacial score (nSPS) is 11.3. The molecule has 0 bridgehead atoms. The van der Waals surface area contributed by atoms with Crippen molar-refractivity contribution in [1.82, 2.24) is 4.98 Å². The highest BCUT2D eigenvalue weighted by molar-refractivity contribution is 8.00. The molecule has 120 valence electrons. The number of halogens is 1. The number of pyridine rings is 1. The Balaban J connectivity index is 2.74. The van der Waals surface area contributed by atoms with Crippen molar-refractivity contribution in [1.29, 1.82) is 10.5 Å². The maximum Gasteiger partial charge on any atom is 0.230 e. The number of carbonyl (C=O) groups is 1. The largest absolute Gasteiger partial charge is 0.383 e. The molecule has 0 radical (unpaired) electrons. The lowest BCUT2D eigenvalue weighted by atomic mass is 9.97. The average molecular weight is 358 g/mol. The van der Waals surface area contributed by atoms with Crippen LogP contribution >= 0.6 is 23.4 Å². The highest BCUT2D eigenvalue weighted by Gasteiger charge is 2.23. The van der Waals surface area contributed by atoms with E-state index >= 15 is 0 Å². The van der Waals surface area contributed by atoms with E-state index in [1.54, 1.807) is 31.2 Å². The number of nitrogens with zero attached hydrogens (tertiary/aromatic N) is 3. The van der Waals surface area contributed by atoms with E-state index in [4.69, 9.17) is 23.1 Å². The zero-order valence-corrected chi connectivity index (χ0v) is 14.1. The molecule has 6 nitrogen and oxygen atoms in total. The SMILES string of the molecule is CC(Sc1nc(N)c(C#N)c(-c2ccc(Cl)cc2)c1C#N)C(N)=O. The molecular weight excluding hydrogens is 346 g/mol. The van der Waals surface area contributed by atoms with Crippen LogP contribution in [0.5, 0.6) is 0 Å². The standard InChI is InChI=1S/C16H12ClN5OS/c1-8(15(21)23)24-16-12(7-19)13(11(6-18)14(20)22-16)9-2-4-10(17)5-3-9/h2-5,8H,1H3,(H2,20,22)(H2,21,23). The van der Waals surface area contributed by atoms with Gasteiger partial charge in [0.2, 0.25) is 5.91 Å². The van der Waals surface area contributed by atoms with Gasteiger partial charge in [-0.05, 0) is 24.6 Å². The fraction of sp³-hybridized carbons (Fsp3) is 0.125. The smallest absolute Gasteiger partial charge is 0.230 e. The van der Waals surface area contributed by atoms with Crippen LogP contribution in [-0.4, -0.2) is 16.1 Å². The first-order chi connectivity index (χ1) is 11.4. The molecule has 0 aliphatic carbocycles. The van der Waals surface area contributed by atoms with Crippen molar-refractivity contribution in [3.05, 3.63) is 40.4 Å². The highest BCUT2D eigenvalue weighted by atomic mass is 35.5. The topological polar surface area (TPSA) is 130 Å². The zero-order valence-electron chi connectivity index (χ0n) is 12.6. The molecule has 0 fully saturated rings. The van der Waals surface area contributed by atoms with Gasteiger partial charge in [-0.25, -0.2) is 4.98 Å². The van der Waals surface area contributed by atoms with Crippen molar-refractivity contribution in [2.24, 2.45) is 5.73 Å². The van der Waals surface area contributed by atoms with E-state index in [0.717, 1.165) is 11.8 Å². The first-order valence-electron chi connectivity index (χ1n) is 6.74. The van der Waals surface area contributed by atoms with Crippen molar-refractivity contribution in [2.75, 3.05) is 5.73 Å². The molecule has 0 aliphatic rings. The molecule has 0 aliphatic heterocycles. The molecule has 24 heavy (non-hydrogen) atoms. The molecule has 2 aromatic rings. The first-order valence-corrected chi connectivity index (χ1v) is 8.00. The van der Waals surface area contributed by atoms with Crippen LogP contribution in [0.3, 0.4) is 0 Å². The number of hydrogen-bond donors (Lipinski definition) is 2. The Labute approximate surface area is 148 Å². The number of carbonyl (C=O) groups excluding carboxylic acids is 1. The van der Waals surface area contributed by atoms with Crippen molar-refractivity contribution in [3.63, 3.8) is 0 Å². The number of anilines is 1. The van der Waals surface area contributed by atoms with Crippen molar-refractivity contribution in [3.8, 4) is 23.3 Å². The van der Waals surface area contributed by atoms with Gasteiger partial charge >= 0.3 is 0 Å². The minimum Gasteiger partial charge on any atom is -0.383 e. The Morgan fingerprint density at radius 1 is 1.25 bits per heavy atom. The van der Waals surface area contributed by atoms with E-state index in [0.29, 0.717) is 16.1 Å². The molecule has 1 unspecified atom stereocenters. The van der Waals surface area contributed by atoms with E-state index < -0.39 is 11.2 Å². The van der Waals surface area contributed by atoms with Crippen molar-refractivity contribution in [2.45, 2.75) is 17.2 Å². The minimum atomic E-state index is -0.602. The van der Waals surface area contributed by atoms with Gasteiger partial charge in [0.05, 0.1) is 10.8 Å². The summed E-state index contributed by atoms with van der Waals surface area (Å²) in [5.74, 6) is -0.553. The summed E-state index contributed by atoms with van der Waals surface area (Å²) in [6, 6.07) is 10.7. The molecule has 4 N–H and O–H groups in total. The second-order valence-electron chi connectivity index (χ2n) is 4.82. The number of amides is 1. The predicted molar refractivity (Wildman–Crippen MR) is 93.0 cm³/mol. The molecule has 1 amide bonds. The van der Waals surface area contributed by atoms with Gasteiger partial charge in [-0.2, -0.15) is 10.5 Å². The van der Waals surface area contributed by atoms with E-state index in [2.05, 4.69) is 4.98 Å². The average Bonchev–Trinajstić information content (AvgIpc) is 2.55. The maximum atomic E-state index is 11.3. The first kappa shape index (κ1) is 17.6. The molecular formula is C16H12ClN5OS. The van der Waals surface area contributed by atoms with Gasteiger partial charge in [-0.15, -0.1) is 0 Å². The van der Waals surface area contributed by atoms with Crippen LogP contribution in [0.4, 0.5) is 5.82 Å². The van der Waals surface area contributed by atoms with E-state index in [1.807, 2.05) is 12.1 Å². The number of nitriles is 2. The summed E-state index contributed by atoms with van der Waals surface area (Å²) in [6.45, 7) is 1.60. The molecule has 1 atom stereocenters. The van der Waals surface area contributed by atoms with Crippen LogP contribution in [-0.2, 0) is 4.79 Å². The fourth-order valence-electron chi connectivity index (χ4n) is 2.01. The summed E-state index contributed by atoms with van der Waals surface area (Å²) in [4.78, 5) is 15.4. The lowest BCUT2D eigenvalue weighted by Crippen LogP contribution is -2.23. The monoisotopic (exact) mass is 357 g/mol. The number of nitrogen functional groups attached to an aromatic ring is 1. The molecule has 0 spiro atoms. The number of rotatable bonds is 4. The maximum absolute atomic E-state index is 11.3. The van der Waals surface area contributed by atoms with Gasteiger partial charge in [0.1, 0.15) is 28.5 Å². The molecule has 0 saturated heterocycles. The predicted octanol–water partition coefficient (Wildman–Crippen LogP) is 2.69. The van der Waals surface area contributed by atoms with Gasteiger partial charge in [0, 0.05) is 10.6 Å². The van der Waals surface area contributed by atoms with Crippen LogP contribution in [0.1, 0.15) is 18.1 Å².